The van der Waals surface area contributed by atoms with Gasteiger partial charge in [-0.2, -0.15) is 0 Å². The number of rotatable bonds is 3. The van der Waals surface area contributed by atoms with E-state index in [2.05, 4.69) is 20.4 Å². The third-order valence-electron chi connectivity index (χ3n) is 3.46. The van der Waals surface area contributed by atoms with Crippen molar-refractivity contribution in [2.24, 2.45) is 5.84 Å². The second-order valence-electron chi connectivity index (χ2n) is 3.99. The van der Waals surface area contributed by atoms with Gasteiger partial charge in [0.15, 0.2) is 0 Å². The van der Waals surface area contributed by atoms with Crippen molar-refractivity contribution in [2.45, 2.75) is 51.5 Å². The van der Waals surface area contributed by atoms with Crippen LogP contribution in [0.15, 0.2) is 12.2 Å². The van der Waals surface area contributed by atoms with E-state index in [0.29, 0.717) is 0 Å². The van der Waals surface area contributed by atoms with Crippen LogP contribution >= 0.6 is 0 Å². The van der Waals surface area contributed by atoms with Crippen LogP contribution < -0.4 is 5.84 Å². The molecule has 0 aromatic rings. The summed E-state index contributed by atoms with van der Waals surface area (Å²) in [5.41, 5.74) is 1.41. The van der Waals surface area contributed by atoms with Crippen LogP contribution in [-0.4, -0.2) is 17.1 Å². The Hall–Kier alpha value is -0.340. The maximum atomic E-state index is 6.07. The van der Waals surface area contributed by atoms with E-state index in [1.54, 1.807) is 0 Å². The molecule has 2 nitrogen and oxygen atoms in total. The predicted octanol–water partition coefficient (Wildman–Crippen LogP) is 2.46. The standard InChI is InChI=1S/C11H22N2/c1-4-10(3)11(5-2)8-6-7-9-13(11)12/h3-9,12H2,1-2H3. The molecule has 0 saturated carbocycles. The molecule has 1 heterocycles. The highest BCUT2D eigenvalue weighted by molar-refractivity contribution is 5.17. The smallest absolute Gasteiger partial charge is 0.0554 e. The molecule has 2 N–H and O–H groups in total. The molecular weight excluding hydrogens is 160 g/mol. The zero-order valence-corrected chi connectivity index (χ0v) is 8.97. The topological polar surface area (TPSA) is 29.3 Å². The third-order valence-corrected chi connectivity index (χ3v) is 3.46. The van der Waals surface area contributed by atoms with Gasteiger partial charge in [0.1, 0.15) is 0 Å². The molecule has 1 saturated heterocycles. The molecule has 0 aromatic heterocycles. The van der Waals surface area contributed by atoms with Crippen LogP contribution in [0.2, 0.25) is 0 Å². The quantitative estimate of drug-likeness (QED) is 0.536. The van der Waals surface area contributed by atoms with Crippen LogP contribution in [0.25, 0.3) is 0 Å². The van der Waals surface area contributed by atoms with Crippen molar-refractivity contribution in [1.82, 2.24) is 5.01 Å². The molecule has 1 unspecified atom stereocenters. The van der Waals surface area contributed by atoms with Gasteiger partial charge in [-0.3, -0.25) is 5.84 Å². The fourth-order valence-corrected chi connectivity index (χ4v) is 2.40. The molecule has 1 fully saturated rings. The number of hydrogen-bond acceptors (Lipinski definition) is 2. The maximum absolute atomic E-state index is 6.07. The molecule has 0 amide bonds. The first-order chi connectivity index (χ1) is 6.17. The van der Waals surface area contributed by atoms with Crippen LogP contribution in [0.3, 0.4) is 0 Å². The van der Waals surface area contributed by atoms with Crippen LogP contribution in [0.5, 0.6) is 0 Å². The Bertz CT molecular complexity index is 189. The van der Waals surface area contributed by atoms with Gasteiger partial charge in [-0.15, -0.1) is 0 Å². The Kier molecular flexibility index (Phi) is 3.51. The molecule has 0 aromatic carbocycles. The van der Waals surface area contributed by atoms with Gasteiger partial charge in [0.05, 0.1) is 5.54 Å². The molecule has 0 spiro atoms. The molecule has 13 heavy (non-hydrogen) atoms. The largest absolute Gasteiger partial charge is 0.268 e. The van der Waals surface area contributed by atoms with Gasteiger partial charge < -0.3 is 0 Å². The molecule has 1 aliphatic heterocycles. The van der Waals surface area contributed by atoms with Gasteiger partial charge in [0.2, 0.25) is 0 Å². The Labute approximate surface area is 81.8 Å². The summed E-state index contributed by atoms with van der Waals surface area (Å²) in [5, 5.41) is 2.02. The Morgan fingerprint density at radius 1 is 1.46 bits per heavy atom. The van der Waals surface area contributed by atoms with Crippen LogP contribution in [0.1, 0.15) is 46.0 Å². The Morgan fingerprint density at radius 3 is 2.62 bits per heavy atom. The molecule has 1 atom stereocenters. The highest BCUT2D eigenvalue weighted by Crippen LogP contribution is 2.35. The van der Waals surface area contributed by atoms with Crippen molar-refractivity contribution < 1.29 is 0 Å². The van der Waals surface area contributed by atoms with Gasteiger partial charge in [0, 0.05) is 6.54 Å². The van der Waals surface area contributed by atoms with Gasteiger partial charge in [-0.25, -0.2) is 5.01 Å². The molecular formula is C11H22N2. The van der Waals surface area contributed by atoms with E-state index in [1.165, 1.54) is 24.8 Å². The first-order valence-electron chi connectivity index (χ1n) is 5.38. The summed E-state index contributed by atoms with van der Waals surface area (Å²) in [6.07, 6.45) is 5.85. The second kappa shape index (κ2) is 4.25. The molecule has 2 heteroatoms. The van der Waals surface area contributed by atoms with Crippen LogP contribution in [0, 0.1) is 0 Å². The van der Waals surface area contributed by atoms with Gasteiger partial charge in [-0.1, -0.05) is 26.0 Å². The van der Waals surface area contributed by atoms with E-state index in [4.69, 9.17) is 5.84 Å². The highest BCUT2D eigenvalue weighted by atomic mass is 15.4. The predicted molar refractivity (Wildman–Crippen MR) is 57.2 cm³/mol. The van der Waals surface area contributed by atoms with Crippen molar-refractivity contribution in [3.05, 3.63) is 12.2 Å². The average Bonchev–Trinajstić information content (AvgIpc) is 2.18. The number of nitrogens with zero attached hydrogens (tertiary/aromatic N) is 1. The number of hydrogen-bond donors (Lipinski definition) is 1. The minimum absolute atomic E-state index is 0.104. The normalized spacial score (nSPS) is 30.4. The highest BCUT2D eigenvalue weighted by Gasteiger charge is 2.37. The zero-order chi connectivity index (χ0) is 9.90. The maximum Gasteiger partial charge on any atom is 0.0554 e. The lowest BCUT2D eigenvalue weighted by Crippen LogP contribution is -2.56. The third kappa shape index (κ3) is 1.79. The van der Waals surface area contributed by atoms with E-state index in [9.17, 15) is 0 Å². The summed E-state index contributed by atoms with van der Waals surface area (Å²) in [7, 11) is 0. The van der Waals surface area contributed by atoms with Crippen LogP contribution in [0.4, 0.5) is 0 Å². The molecule has 0 aliphatic carbocycles. The lowest BCUT2D eigenvalue weighted by atomic mass is 9.79. The minimum Gasteiger partial charge on any atom is -0.268 e. The monoisotopic (exact) mass is 182 g/mol. The zero-order valence-electron chi connectivity index (χ0n) is 8.97. The Balaban J connectivity index is 2.82. The summed E-state index contributed by atoms with van der Waals surface area (Å²) in [6.45, 7) is 9.57. The number of nitrogens with two attached hydrogens (primary N) is 1. The molecule has 0 radical (unpaired) electrons. The van der Waals surface area contributed by atoms with Crippen molar-refractivity contribution >= 4 is 0 Å². The van der Waals surface area contributed by atoms with E-state index in [0.717, 1.165) is 19.4 Å². The molecule has 1 rings (SSSR count). The lowest BCUT2D eigenvalue weighted by Gasteiger charge is -2.45. The number of hydrazine groups is 1. The van der Waals surface area contributed by atoms with Gasteiger partial charge in [-0.05, 0) is 32.1 Å². The summed E-state index contributed by atoms with van der Waals surface area (Å²) in [6, 6.07) is 0. The summed E-state index contributed by atoms with van der Waals surface area (Å²) in [4.78, 5) is 0. The van der Waals surface area contributed by atoms with Gasteiger partial charge in [0.25, 0.3) is 0 Å². The van der Waals surface area contributed by atoms with E-state index in [-0.39, 0.29) is 5.54 Å². The average molecular weight is 182 g/mol. The van der Waals surface area contributed by atoms with Crippen molar-refractivity contribution in [1.29, 1.82) is 0 Å². The van der Waals surface area contributed by atoms with Crippen LogP contribution in [-0.2, 0) is 0 Å². The molecule has 76 valence electrons. The fourth-order valence-electron chi connectivity index (χ4n) is 2.40. The summed E-state index contributed by atoms with van der Waals surface area (Å²) >= 11 is 0. The van der Waals surface area contributed by atoms with E-state index in [1.807, 2.05) is 5.01 Å². The Morgan fingerprint density at radius 2 is 2.15 bits per heavy atom. The van der Waals surface area contributed by atoms with E-state index < -0.39 is 0 Å². The first kappa shape index (κ1) is 10.7. The van der Waals surface area contributed by atoms with E-state index >= 15 is 0 Å². The van der Waals surface area contributed by atoms with Crippen molar-refractivity contribution in [3.8, 4) is 0 Å². The summed E-state index contributed by atoms with van der Waals surface area (Å²) in [5.74, 6) is 6.07. The molecule has 0 bridgehead atoms. The van der Waals surface area contributed by atoms with Crippen molar-refractivity contribution in [3.63, 3.8) is 0 Å². The lowest BCUT2D eigenvalue weighted by molar-refractivity contribution is 0.0708. The van der Waals surface area contributed by atoms with Crippen molar-refractivity contribution in [2.75, 3.05) is 6.54 Å². The summed E-state index contributed by atoms with van der Waals surface area (Å²) < 4.78 is 0. The minimum atomic E-state index is 0.104. The number of piperidine rings is 1. The van der Waals surface area contributed by atoms with Gasteiger partial charge >= 0.3 is 0 Å². The fraction of sp³-hybridized carbons (Fsp3) is 0.818. The SMILES string of the molecule is C=C(CC)C1(CC)CCCCN1N. The molecule has 1 aliphatic rings. The second-order valence-corrected chi connectivity index (χ2v) is 3.99. The first-order valence-corrected chi connectivity index (χ1v) is 5.38.